The summed E-state index contributed by atoms with van der Waals surface area (Å²) in [6.45, 7) is 6.08. The Balaban J connectivity index is 1.20. The van der Waals surface area contributed by atoms with Crippen molar-refractivity contribution in [2.45, 2.75) is 82.7 Å². The summed E-state index contributed by atoms with van der Waals surface area (Å²) in [7, 11) is 1.59. The molecule has 0 saturated carbocycles. The average molecular weight is 891 g/mol. The highest BCUT2D eigenvalue weighted by atomic mass is 16.7. The van der Waals surface area contributed by atoms with Crippen molar-refractivity contribution in [2.24, 2.45) is 11.8 Å². The van der Waals surface area contributed by atoms with Crippen molar-refractivity contribution in [2.75, 3.05) is 20.3 Å². The molecule has 1 fully saturated rings. The third kappa shape index (κ3) is 14.9. The van der Waals surface area contributed by atoms with Crippen molar-refractivity contribution in [1.82, 2.24) is 0 Å². The number of hydrogen-bond donors (Lipinski definition) is 0. The topological polar surface area (TPSA) is 90.9 Å². The normalized spacial score (nSPS) is 19.6. The SMILES string of the molecule is C=C[C@@H](OCc1ccccc1)[C@H](Cc1ccccc1)[C@@H](COCc1ccccc1)OC(=O)C[C@H]1[C@H](OCc2ccccc2)[C@@H](OCc2ccccc2)[C@@H](OC)O[C@@H]1COCc1ccccc1. The molecule has 1 saturated heterocycles. The first kappa shape index (κ1) is 48.2. The molecule has 1 aliphatic heterocycles. The zero-order valence-corrected chi connectivity index (χ0v) is 37.8. The number of benzene rings is 6. The molecule has 0 unspecified atom stereocenters. The maximum Gasteiger partial charge on any atom is 0.306 e. The monoisotopic (exact) mass is 890 g/mol. The third-order valence-corrected chi connectivity index (χ3v) is 11.8. The first-order valence-electron chi connectivity index (χ1n) is 22.8. The summed E-state index contributed by atoms with van der Waals surface area (Å²) in [6, 6.07) is 60.0. The molecule has 6 aromatic rings. The highest BCUT2D eigenvalue weighted by Crippen LogP contribution is 2.36. The lowest BCUT2D eigenvalue weighted by Gasteiger charge is -2.45. The van der Waals surface area contributed by atoms with E-state index in [0.29, 0.717) is 26.2 Å². The Labute approximate surface area is 390 Å². The Morgan fingerprint density at radius 3 is 1.50 bits per heavy atom. The smallest absolute Gasteiger partial charge is 0.306 e. The number of esters is 1. The van der Waals surface area contributed by atoms with E-state index in [1.807, 2.05) is 170 Å². The van der Waals surface area contributed by atoms with E-state index < -0.39 is 48.7 Å². The zero-order valence-electron chi connectivity index (χ0n) is 37.8. The van der Waals surface area contributed by atoms with Crippen molar-refractivity contribution >= 4 is 5.97 Å². The fourth-order valence-corrected chi connectivity index (χ4v) is 8.35. The van der Waals surface area contributed by atoms with E-state index in [2.05, 4.69) is 18.7 Å². The second kappa shape index (κ2) is 26.4. The van der Waals surface area contributed by atoms with Crippen LogP contribution >= 0.6 is 0 Å². The molecule has 9 nitrogen and oxygen atoms in total. The lowest BCUT2D eigenvalue weighted by Crippen LogP contribution is -2.58. The second-order valence-electron chi connectivity index (χ2n) is 16.5. The van der Waals surface area contributed by atoms with Crippen LogP contribution in [0.2, 0.25) is 0 Å². The summed E-state index contributed by atoms with van der Waals surface area (Å²) < 4.78 is 52.4. The molecule has 0 amide bonds. The van der Waals surface area contributed by atoms with E-state index in [1.54, 1.807) is 13.2 Å². The molecular formula is C57H62O9. The molecule has 0 bridgehead atoms. The van der Waals surface area contributed by atoms with Gasteiger partial charge in [-0.25, -0.2) is 0 Å². The van der Waals surface area contributed by atoms with Gasteiger partial charge in [0, 0.05) is 18.9 Å². The maximum atomic E-state index is 14.9. The van der Waals surface area contributed by atoms with Gasteiger partial charge in [-0.15, -0.1) is 6.58 Å². The van der Waals surface area contributed by atoms with Gasteiger partial charge in [0.2, 0.25) is 0 Å². The Hall–Kier alpha value is -5.75. The van der Waals surface area contributed by atoms with Crippen molar-refractivity contribution < 1.29 is 42.7 Å². The molecule has 8 atom stereocenters. The summed E-state index contributed by atoms with van der Waals surface area (Å²) in [5.41, 5.74) is 6.07. The standard InChI is InChI=1S/C57H62O9/c1-3-51(62-38-46-28-16-7-17-29-46)49(34-43-22-10-4-11-23-43)52(41-60-36-44-24-12-5-13-25-44)65-54(58)35-50-53(42-61-37-45-26-14-6-15-27-45)66-57(59-2)56(64-40-48-32-20-9-21-33-48)55(50)63-39-47-30-18-8-19-31-47/h3-33,49-53,55-57H,1,34-42H2,2H3/t49-,50+,51+,52+,53+,55-,56+,57-/m0/s1. The number of carbonyl (C=O) groups excluding carboxylic acids is 1. The molecular weight excluding hydrogens is 829 g/mol. The summed E-state index contributed by atoms with van der Waals surface area (Å²) >= 11 is 0. The Kier molecular flexibility index (Phi) is 19.3. The number of methoxy groups -OCH3 is 1. The maximum absolute atomic E-state index is 14.9. The van der Waals surface area contributed by atoms with Gasteiger partial charge < -0.3 is 37.9 Å². The fourth-order valence-electron chi connectivity index (χ4n) is 8.35. The Morgan fingerprint density at radius 1 is 0.576 bits per heavy atom. The molecule has 1 aliphatic rings. The van der Waals surface area contributed by atoms with Crippen LogP contribution < -0.4 is 0 Å². The number of rotatable bonds is 26. The highest BCUT2D eigenvalue weighted by molar-refractivity contribution is 5.70. The first-order valence-corrected chi connectivity index (χ1v) is 22.8. The van der Waals surface area contributed by atoms with E-state index in [9.17, 15) is 4.79 Å². The van der Waals surface area contributed by atoms with Crippen LogP contribution in [0.15, 0.2) is 195 Å². The quantitative estimate of drug-likeness (QED) is 0.0390. The predicted octanol–water partition coefficient (Wildman–Crippen LogP) is 10.5. The van der Waals surface area contributed by atoms with Crippen molar-refractivity contribution in [3.05, 3.63) is 228 Å². The van der Waals surface area contributed by atoms with Crippen LogP contribution in [-0.2, 0) is 82.1 Å². The average Bonchev–Trinajstić information content (AvgIpc) is 3.37. The van der Waals surface area contributed by atoms with Crippen LogP contribution in [0.3, 0.4) is 0 Å². The van der Waals surface area contributed by atoms with Gasteiger partial charge in [0.05, 0.1) is 71.0 Å². The molecule has 7 rings (SSSR count). The number of ether oxygens (including phenoxy) is 8. The molecule has 1 heterocycles. The minimum absolute atomic E-state index is 0.0721. The van der Waals surface area contributed by atoms with Gasteiger partial charge >= 0.3 is 5.97 Å². The molecule has 6 aromatic carbocycles. The van der Waals surface area contributed by atoms with Crippen LogP contribution in [-0.4, -0.2) is 63.1 Å². The molecule has 344 valence electrons. The van der Waals surface area contributed by atoms with Crippen LogP contribution in [0.1, 0.15) is 39.8 Å². The van der Waals surface area contributed by atoms with Gasteiger partial charge in [-0.2, -0.15) is 0 Å². The van der Waals surface area contributed by atoms with Crippen LogP contribution in [0.25, 0.3) is 0 Å². The van der Waals surface area contributed by atoms with Crippen LogP contribution in [0.4, 0.5) is 0 Å². The molecule has 0 aliphatic carbocycles. The van der Waals surface area contributed by atoms with E-state index in [0.717, 1.165) is 33.4 Å². The van der Waals surface area contributed by atoms with Crippen molar-refractivity contribution in [3.8, 4) is 0 Å². The fraction of sp³-hybridized carbons (Fsp3) is 0.316. The van der Waals surface area contributed by atoms with Crippen LogP contribution in [0.5, 0.6) is 0 Å². The molecule has 9 heteroatoms. The summed E-state index contributed by atoms with van der Waals surface area (Å²) in [6.07, 6.45) is -1.81. The van der Waals surface area contributed by atoms with Gasteiger partial charge in [-0.05, 0) is 39.8 Å². The summed E-state index contributed by atoms with van der Waals surface area (Å²) in [4.78, 5) is 14.9. The van der Waals surface area contributed by atoms with E-state index in [-0.39, 0.29) is 38.8 Å². The summed E-state index contributed by atoms with van der Waals surface area (Å²) in [5.74, 6) is -1.39. The summed E-state index contributed by atoms with van der Waals surface area (Å²) in [5, 5.41) is 0. The van der Waals surface area contributed by atoms with Crippen molar-refractivity contribution in [1.29, 1.82) is 0 Å². The zero-order chi connectivity index (χ0) is 45.6. The molecule has 66 heavy (non-hydrogen) atoms. The van der Waals surface area contributed by atoms with Gasteiger partial charge in [0.15, 0.2) is 6.29 Å². The lowest BCUT2D eigenvalue weighted by atomic mass is 9.85. The van der Waals surface area contributed by atoms with Gasteiger partial charge in [0.25, 0.3) is 0 Å². The molecule has 0 radical (unpaired) electrons. The van der Waals surface area contributed by atoms with Gasteiger partial charge in [-0.1, -0.05) is 188 Å². The minimum Gasteiger partial charge on any atom is -0.459 e. The highest BCUT2D eigenvalue weighted by Gasteiger charge is 2.49. The number of hydrogen-bond acceptors (Lipinski definition) is 9. The second-order valence-corrected chi connectivity index (χ2v) is 16.5. The lowest BCUT2D eigenvalue weighted by molar-refractivity contribution is -0.306. The van der Waals surface area contributed by atoms with E-state index >= 15 is 0 Å². The van der Waals surface area contributed by atoms with Gasteiger partial charge in [-0.3, -0.25) is 4.79 Å². The van der Waals surface area contributed by atoms with Crippen LogP contribution in [0, 0.1) is 11.8 Å². The van der Waals surface area contributed by atoms with E-state index in [1.165, 1.54) is 0 Å². The first-order chi connectivity index (χ1) is 32.6. The molecule has 0 spiro atoms. The Morgan fingerprint density at radius 2 is 1.02 bits per heavy atom. The Bertz CT molecular complexity index is 2250. The minimum atomic E-state index is -0.823. The number of carbonyl (C=O) groups is 1. The predicted molar refractivity (Wildman–Crippen MR) is 255 cm³/mol. The third-order valence-electron chi connectivity index (χ3n) is 11.8. The van der Waals surface area contributed by atoms with Gasteiger partial charge in [0.1, 0.15) is 12.2 Å². The largest absolute Gasteiger partial charge is 0.459 e. The van der Waals surface area contributed by atoms with Crippen molar-refractivity contribution in [3.63, 3.8) is 0 Å². The van der Waals surface area contributed by atoms with E-state index in [4.69, 9.17) is 37.9 Å². The molecule has 0 aromatic heterocycles. The molecule has 0 N–H and O–H groups in total.